The molecule has 0 aliphatic carbocycles. The molecule has 118 valence electrons. The van der Waals surface area contributed by atoms with Gasteiger partial charge in [-0.1, -0.05) is 42.1 Å². The molecule has 2 aromatic heterocycles. The Morgan fingerprint density at radius 2 is 2.17 bits per heavy atom. The van der Waals surface area contributed by atoms with E-state index in [4.69, 9.17) is 0 Å². The third-order valence-electron chi connectivity index (χ3n) is 3.02. The number of nitrogens with zero attached hydrogens (tertiary/aromatic N) is 5. The number of aryl methyl sites for hydroxylation is 1. The number of nitrogens with one attached hydrogen (secondary N) is 2. The fourth-order valence-electron chi connectivity index (χ4n) is 1.86. The van der Waals surface area contributed by atoms with E-state index in [1.807, 2.05) is 37.4 Å². The molecule has 0 aliphatic heterocycles. The van der Waals surface area contributed by atoms with Crippen LogP contribution in [-0.4, -0.2) is 41.6 Å². The molecule has 0 bridgehead atoms. The summed E-state index contributed by atoms with van der Waals surface area (Å²) in [7, 11) is 1.83. The van der Waals surface area contributed by atoms with E-state index in [1.54, 1.807) is 10.9 Å². The van der Waals surface area contributed by atoms with Gasteiger partial charge in [0.05, 0.1) is 12.3 Å². The molecule has 1 aromatic carbocycles. The number of carbonyl (C=O) groups is 1. The number of benzene rings is 1. The Morgan fingerprint density at radius 1 is 1.35 bits per heavy atom. The Kier molecular flexibility index (Phi) is 4.67. The summed E-state index contributed by atoms with van der Waals surface area (Å²) in [5.41, 5.74) is 0.930. The summed E-state index contributed by atoms with van der Waals surface area (Å²) in [5.74, 6) is 1.39. The molecule has 1 amide bonds. The molecule has 9 heteroatoms. The van der Waals surface area contributed by atoms with Gasteiger partial charge in [0.25, 0.3) is 0 Å². The largest absolute Gasteiger partial charge is 0.348 e. The zero-order valence-electron chi connectivity index (χ0n) is 12.4. The van der Waals surface area contributed by atoms with Crippen LogP contribution in [0.15, 0.2) is 41.8 Å². The minimum atomic E-state index is -0.101. The van der Waals surface area contributed by atoms with E-state index in [2.05, 4.69) is 30.7 Å². The second-order valence-electron chi connectivity index (χ2n) is 4.76. The van der Waals surface area contributed by atoms with Gasteiger partial charge in [0.1, 0.15) is 12.2 Å². The molecule has 0 saturated heterocycles. The van der Waals surface area contributed by atoms with Gasteiger partial charge in [-0.25, -0.2) is 4.98 Å². The van der Waals surface area contributed by atoms with Crippen molar-refractivity contribution in [3.8, 4) is 11.4 Å². The van der Waals surface area contributed by atoms with Crippen molar-refractivity contribution in [1.82, 2.24) is 35.3 Å². The third-order valence-corrected chi connectivity index (χ3v) is 4.05. The van der Waals surface area contributed by atoms with Gasteiger partial charge in [-0.05, 0) is 0 Å². The number of rotatable bonds is 6. The summed E-state index contributed by atoms with van der Waals surface area (Å²) in [6.45, 7) is 0.304. The smallest absolute Gasteiger partial charge is 0.230 e. The SMILES string of the molecule is Cn1cnnc1SCC(=O)NCc1nc(-c2ccccc2)n[nH]1. The lowest BCUT2D eigenvalue weighted by Gasteiger charge is -2.02. The fourth-order valence-corrected chi connectivity index (χ4v) is 2.58. The van der Waals surface area contributed by atoms with Crippen LogP contribution < -0.4 is 5.32 Å². The minimum Gasteiger partial charge on any atom is -0.348 e. The molecule has 0 spiro atoms. The van der Waals surface area contributed by atoms with Crippen LogP contribution >= 0.6 is 11.8 Å². The molecule has 0 aliphatic rings. The zero-order chi connectivity index (χ0) is 16.1. The number of H-pyrrole nitrogens is 1. The van der Waals surface area contributed by atoms with Crippen molar-refractivity contribution in [2.24, 2.45) is 7.05 Å². The average molecular weight is 329 g/mol. The van der Waals surface area contributed by atoms with Crippen molar-refractivity contribution in [3.63, 3.8) is 0 Å². The summed E-state index contributed by atoms with van der Waals surface area (Å²) in [6.07, 6.45) is 1.60. The van der Waals surface area contributed by atoms with Crippen LogP contribution in [0.2, 0.25) is 0 Å². The van der Waals surface area contributed by atoms with E-state index in [1.165, 1.54) is 11.8 Å². The van der Waals surface area contributed by atoms with Crippen molar-refractivity contribution in [1.29, 1.82) is 0 Å². The molecule has 3 rings (SSSR count). The number of amides is 1. The van der Waals surface area contributed by atoms with Crippen LogP contribution in [0, 0.1) is 0 Å². The maximum atomic E-state index is 11.8. The van der Waals surface area contributed by atoms with E-state index in [0.717, 1.165) is 5.56 Å². The van der Waals surface area contributed by atoms with Gasteiger partial charge in [-0.3, -0.25) is 9.89 Å². The molecule has 2 heterocycles. The molecule has 0 fully saturated rings. The standard InChI is InChI=1S/C14H15N7OS/c1-21-9-16-20-14(21)23-8-12(22)15-7-11-17-13(19-18-11)10-5-3-2-4-6-10/h2-6,9H,7-8H2,1H3,(H,15,22)(H,17,18,19). The summed E-state index contributed by atoms with van der Waals surface area (Å²) in [4.78, 5) is 16.2. The number of hydrogen-bond acceptors (Lipinski definition) is 6. The van der Waals surface area contributed by atoms with Crippen molar-refractivity contribution in [2.75, 3.05) is 5.75 Å². The number of hydrogen-bond donors (Lipinski definition) is 2. The van der Waals surface area contributed by atoms with Crippen LogP contribution in [0.1, 0.15) is 5.82 Å². The van der Waals surface area contributed by atoms with Crippen molar-refractivity contribution < 1.29 is 4.79 Å². The highest BCUT2D eigenvalue weighted by Crippen LogP contribution is 2.14. The lowest BCUT2D eigenvalue weighted by Crippen LogP contribution is -2.25. The zero-order valence-corrected chi connectivity index (χ0v) is 13.2. The van der Waals surface area contributed by atoms with Gasteiger partial charge >= 0.3 is 0 Å². The van der Waals surface area contributed by atoms with Gasteiger partial charge < -0.3 is 9.88 Å². The van der Waals surface area contributed by atoms with Crippen molar-refractivity contribution in [3.05, 3.63) is 42.5 Å². The second kappa shape index (κ2) is 7.05. The number of carbonyl (C=O) groups excluding carboxylic acids is 1. The highest BCUT2D eigenvalue weighted by molar-refractivity contribution is 7.99. The predicted molar refractivity (Wildman–Crippen MR) is 85.4 cm³/mol. The first-order chi connectivity index (χ1) is 11.2. The highest BCUT2D eigenvalue weighted by Gasteiger charge is 2.09. The maximum absolute atomic E-state index is 11.8. The molecule has 0 saturated carbocycles. The molecule has 0 radical (unpaired) electrons. The molecule has 8 nitrogen and oxygen atoms in total. The summed E-state index contributed by atoms with van der Waals surface area (Å²) < 4.78 is 1.76. The van der Waals surface area contributed by atoms with E-state index < -0.39 is 0 Å². The predicted octanol–water partition coefficient (Wildman–Crippen LogP) is 1.01. The summed E-state index contributed by atoms with van der Waals surface area (Å²) in [6, 6.07) is 9.66. The summed E-state index contributed by atoms with van der Waals surface area (Å²) >= 11 is 1.33. The van der Waals surface area contributed by atoms with E-state index in [-0.39, 0.29) is 11.7 Å². The number of aromatic nitrogens is 6. The van der Waals surface area contributed by atoms with E-state index >= 15 is 0 Å². The van der Waals surface area contributed by atoms with Crippen LogP contribution in [-0.2, 0) is 18.4 Å². The van der Waals surface area contributed by atoms with Crippen LogP contribution in [0.4, 0.5) is 0 Å². The van der Waals surface area contributed by atoms with Gasteiger partial charge in [-0.2, -0.15) is 5.10 Å². The lowest BCUT2D eigenvalue weighted by molar-refractivity contribution is -0.118. The first-order valence-corrected chi connectivity index (χ1v) is 7.91. The molecular weight excluding hydrogens is 314 g/mol. The molecule has 23 heavy (non-hydrogen) atoms. The molecule has 0 unspecified atom stereocenters. The van der Waals surface area contributed by atoms with Gasteiger partial charge in [-0.15, -0.1) is 10.2 Å². The van der Waals surface area contributed by atoms with Crippen LogP contribution in [0.25, 0.3) is 11.4 Å². The van der Waals surface area contributed by atoms with E-state index in [0.29, 0.717) is 23.4 Å². The lowest BCUT2D eigenvalue weighted by atomic mass is 10.2. The fraction of sp³-hybridized carbons (Fsp3) is 0.214. The molecule has 2 N–H and O–H groups in total. The molecule has 0 atom stereocenters. The first-order valence-electron chi connectivity index (χ1n) is 6.92. The monoisotopic (exact) mass is 329 g/mol. The third kappa shape index (κ3) is 3.95. The normalized spacial score (nSPS) is 10.7. The second-order valence-corrected chi connectivity index (χ2v) is 5.70. The van der Waals surface area contributed by atoms with Crippen LogP contribution in [0.5, 0.6) is 0 Å². The highest BCUT2D eigenvalue weighted by atomic mass is 32.2. The average Bonchev–Trinajstić information content (AvgIpc) is 3.21. The van der Waals surface area contributed by atoms with Crippen molar-refractivity contribution >= 4 is 17.7 Å². The number of thioether (sulfide) groups is 1. The Balaban J connectivity index is 1.50. The quantitative estimate of drug-likeness (QED) is 0.655. The molecule has 3 aromatic rings. The van der Waals surface area contributed by atoms with Crippen LogP contribution in [0.3, 0.4) is 0 Å². The number of aromatic amines is 1. The first kappa shape index (κ1) is 15.2. The topological polar surface area (TPSA) is 101 Å². The Bertz CT molecular complexity index is 783. The Morgan fingerprint density at radius 3 is 2.91 bits per heavy atom. The Hall–Kier alpha value is -2.68. The maximum Gasteiger partial charge on any atom is 0.230 e. The van der Waals surface area contributed by atoms with E-state index in [9.17, 15) is 4.79 Å². The summed E-state index contributed by atoms with van der Waals surface area (Å²) in [5, 5.41) is 18.1. The minimum absolute atomic E-state index is 0.101. The molecular formula is C14H15N7OS. The van der Waals surface area contributed by atoms with Gasteiger partial charge in [0, 0.05) is 12.6 Å². The Labute approximate surface area is 136 Å². The van der Waals surface area contributed by atoms with Gasteiger partial charge in [0.2, 0.25) is 5.91 Å². The van der Waals surface area contributed by atoms with Crippen molar-refractivity contribution in [2.45, 2.75) is 11.7 Å². The van der Waals surface area contributed by atoms with Gasteiger partial charge in [0.15, 0.2) is 11.0 Å².